The minimum Gasteiger partial charge on any atom is -0.496 e. The molecular weight excluding hydrogens is 278 g/mol. The summed E-state index contributed by atoms with van der Waals surface area (Å²) in [4.78, 5) is 16.5. The van der Waals surface area contributed by atoms with E-state index in [-0.39, 0.29) is 18.0 Å². The van der Waals surface area contributed by atoms with Crippen molar-refractivity contribution < 1.29 is 9.53 Å². The lowest BCUT2D eigenvalue weighted by molar-refractivity contribution is -0.133. The first-order chi connectivity index (χ1) is 10.5. The Balaban J connectivity index is 1.97. The van der Waals surface area contributed by atoms with Gasteiger partial charge < -0.3 is 15.4 Å². The summed E-state index contributed by atoms with van der Waals surface area (Å²) in [6, 6.07) is 8.11. The van der Waals surface area contributed by atoms with Crippen LogP contribution in [0.2, 0.25) is 0 Å². The van der Waals surface area contributed by atoms with Gasteiger partial charge in [-0.1, -0.05) is 18.2 Å². The summed E-state index contributed by atoms with van der Waals surface area (Å²) in [5.41, 5.74) is 6.94. The van der Waals surface area contributed by atoms with Gasteiger partial charge in [-0.2, -0.15) is 0 Å². The van der Waals surface area contributed by atoms with Gasteiger partial charge in [0.05, 0.1) is 19.7 Å². The molecule has 5 nitrogen and oxygen atoms in total. The van der Waals surface area contributed by atoms with Crippen molar-refractivity contribution in [2.75, 3.05) is 33.8 Å². The van der Waals surface area contributed by atoms with E-state index in [1.807, 2.05) is 38.2 Å². The number of hydrogen-bond donors (Lipinski definition) is 1. The number of hydrogen-bond acceptors (Lipinski definition) is 4. The lowest BCUT2D eigenvalue weighted by atomic mass is 10.1. The van der Waals surface area contributed by atoms with E-state index in [9.17, 15) is 4.79 Å². The third kappa shape index (κ3) is 3.99. The second-order valence-electron chi connectivity index (χ2n) is 6.04. The summed E-state index contributed by atoms with van der Waals surface area (Å²) in [5.74, 6) is 0.951. The predicted octanol–water partition coefficient (Wildman–Crippen LogP) is 1.64. The fourth-order valence-electron chi connectivity index (χ4n) is 2.85. The summed E-state index contributed by atoms with van der Waals surface area (Å²) < 4.78 is 5.40. The van der Waals surface area contributed by atoms with Crippen LogP contribution >= 0.6 is 0 Å². The highest BCUT2D eigenvalue weighted by molar-refractivity contribution is 5.78. The number of likely N-dealkylation sites (N-methyl/N-ethyl adjacent to an activating group) is 1. The second-order valence-corrected chi connectivity index (χ2v) is 6.04. The van der Waals surface area contributed by atoms with Gasteiger partial charge in [0.2, 0.25) is 5.91 Å². The number of nitrogens with two attached hydrogens (primary N) is 1. The highest BCUT2D eigenvalue weighted by Crippen LogP contribution is 2.28. The van der Waals surface area contributed by atoms with Crippen LogP contribution in [0, 0.1) is 0 Å². The van der Waals surface area contributed by atoms with Gasteiger partial charge in [0, 0.05) is 31.7 Å². The molecule has 2 rings (SSSR count). The van der Waals surface area contributed by atoms with Crippen LogP contribution in [0.25, 0.3) is 0 Å². The molecule has 1 fully saturated rings. The Bertz CT molecular complexity index is 498. The Morgan fingerprint density at radius 2 is 2.05 bits per heavy atom. The van der Waals surface area contributed by atoms with E-state index in [0.717, 1.165) is 37.2 Å². The van der Waals surface area contributed by atoms with E-state index < -0.39 is 0 Å². The first-order valence-corrected chi connectivity index (χ1v) is 7.89. The molecule has 1 heterocycles. The Kier molecular flexibility index (Phi) is 5.80. The van der Waals surface area contributed by atoms with Crippen LogP contribution in [0.5, 0.6) is 5.75 Å². The summed E-state index contributed by atoms with van der Waals surface area (Å²) in [7, 11) is 3.51. The van der Waals surface area contributed by atoms with E-state index in [2.05, 4.69) is 4.90 Å². The number of methoxy groups -OCH3 is 1. The monoisotopic (exact) mass is 305 g/mol. The van der Waals surface area contributed by atoms with E-state index in [4.69, 9.17) is 10.5 Å². The van der Waals surface area contributed by atoms with Gasteiger partial charge in [-0.25, -0.2) is 0 Å². The fraction of sp³-hybridized carbons (Fsp3) is 0.588. The van der Waals surface area contributed by atoms with Crippen LogP contribution in [-0.2, 0) is 4.79 Å². The average Bonchev–Trinajstić information content (AvgIpc) is 2.55. The predicted molar refractivity (Wildman–Crippen MR) is 87.8 cm³/mol. The van der Waals surface area contributed by atoms with Crippen molar-refractivity contribution in [3.8, 4) is 5.75 Å². The maximum absolute atomic E-state index is 12.5. The van der Waals surface area contributed by atoms with Gasteiger partial charge in [0.25, 0.3) is 0 Å². The molecule has 22 heavy (non-hydrogen) atoms. The minimum atomic E-state index is -0.0179. The standard InChI is InChI=1S/C17H27N3O2/c1-13(15-6-4-5-7-16(15)22-3)19(2)17(21)12-20-10-8-14(18)9-11-20/h4-7,13-14H,8-12,18H2,1-3H3. The second kappa shape index (κ2) is 7.61. The topological polar surface area (TPSA) is 58.8 Å². The summed E-state index contributed by atoms with van der Waals surface area (Å²) in [6.07, 6.45) is 1.94. The van der Waals surface area contributed by atoms with Crippen molar-refractivity contribution >= 4 is 5.91 Å². The van der Waals surface area contributed by atoms with Crippen molar-refractivity contribution in [1.29, 1.82) is 0 Å². The first kappa shape index (κ1) is 16.8. The van der Waals surface area contributed by atoms with Crippen LogP contribution in [0.1, 0.15) is 31.4 Å². The van der Waals surface area contributed by atoms with Crippen LogP contribution in [0.4, 0.5) is 0 Å². The van der Waals surface area contributed by atoms with Gasteiger partial charge >= 0.3 is 0 Å². The molecule has 1 amide bonds. The molecule has 0 aliphatic carbocycles. The zero-order valence-electron chi connectivity index (χ0n) is 13.8. The number of nitrogens with zero attached hydrogens (tertiary/aromatic N) is 2. The van der Waals surface area contributed by atoms with Gasteiger partial charge in [0.15, 0.2) is 0 Å². The zero-order chi connectivity index (χ0) is 16.1. The number of benzene rings is 1. The Morgan fingerprint density at radius 3 is 2.68 bits per heavy atom. The molecular formula is C17H27N3O2. The van der Waals surface area contributed by atoms with Crippen molar-refractivity contribution in [2.45, 2.75) is 31.8 Å². The molecule has 1 aromatic rings. The van der Waals surface area contributed by atoms with E-state index >= 15 is 0 Å². The maximum Gasteiger partial charge on any atom is 0.236 e. The number of carbonyl (C=O) groups excluding carboxylic acids is 1. The van der Waals surface area contributed by atoms with E-state index in [1.165, 1.54) is 0 Å². The lowest BCUT2D eigenvalue weighted by Gasteiger charge is -2.32. The number of likely N-dealkylation sites (tertiary alicyclic amines) is 1. The fourth-order valence-corrected chi connectivity index (χ4v) is 2.85. The molecule has 0 radical (unpaired) electrons. The number of piperidine rings is 1. The largest absolute Gasteiger partial charge is 0.496 e. The maximum atomic E-state index is 12.5. The number of amides is 1. The molecule has 1 saturated heterocycles. The molecule has 0 saturated carbocycles. The lowest BCUT2D eigenvalue weighted by Crippen LogP contribution is -2.45. The van der Waals surface area contributed by atoms with Gasteiger partial charge in [0.1, 0.15) is 5.75 Å². The Hall–Kier alpha value is -1.59. The first-order valence-electron chi connectivity index (χ1n) is 7.89. The molecule has 1 atom stereocenters. The van der Waals surface area contributed by atoms with Crippen molar-refractivity contribution in [2.24, 2.45) is 5.73 Å². The van der Waals surface area contributed by atoms with Crippen LogP contribution < -0.4 is 10.5 Å². The number of para-hydroxylation sites is 1. The summed E-state index contributed by atoms with van der Waals surface area (Å²) >= 11 is 0. The molecule has 0 spiro atoms. The summed E-state index contributed by atoms with van der Waals surface area (Å²) in [6.45, 7) is 4.30. The molecule has 1 aliphatic rings. The molecule has 2 N–H and O–H groups in total. The third-order valence-corrected chi connectivity index (χ3v) is 4.55. The van der Waals surface area contributed by atoms with Gasteiger partial charge in [-0.3, -0.25) is 9.69 Å². The minimum absolute atomic E-state index is 0.0179. The van der Waals surface area contributed by atoms with Crippen molar-refractivity contribution in [3.05, 3.63) is 29.8 Å². The molecule has 1 aromatic carbocycles. The van der Waals surface area contributed by atoms with Crippen molar-refractivity contribution in [1.82, 2.24) is 9.80 Å². The highest BCUT2D eigenvalue weighted by atomic mass is 16.5. The van der Waals surface area contributed by atoms with E-state index in [0.29, 0.717) is 6.54 Å². The molecule has 1 unspecified atom stereocenters. The van der Waals surface area contributed by atoms with Crippen LogP contribution in [0.15, 0.2) is 24.3 Å². The molecule has 0 bridgehead atoms. The number of carbonyl (C=O) groups is 1. The van der Waals surface area contributed by atoms with Gasteiger partial charge in [-0.05, 0) is 25.8 Å². The zero-order valence-corrected chi connectivity index (χ0v) is 13.8. The van der Waals surface area contributed by atoms with Gasteiger partial charge in [-0.15, -0.1) is 0 Å². The van der Waals surface area contributed by atoms with Crippen LogP contribution in [0.3, 0.4) is 0 Å². The molecule has 5 heteroatoms. The Labute approximate surface area is 133 Å². The number of rotatable bonds is 5. The quantitative estimate of drug-likeness (QED) is 0.898. The normalized spacial score (nSPS) is 18.0. The smallest absolute Gasteiger partial charge is 0.236 e. The highest BCUT2D eigenvalue weighted by Gasteiger charge is 2.23. The van der Waals surface area contributed by atoms with Crippen molar-refractivity contribution in [3.63, 3.8) is 0 Å². The summed E-state index contributed by atoms with van der Waals surface area (Å²) in [5, 5.41) is 0. The third-order valence-electron chi connectivity index (χ3n) is 4.55. The van der Waals surface area contributed by atoms with E-state index in [1.54, 1.807) is 12.0 Å². The molecule has 1 aliphatic heterocycles. The number of ether oxygens (including phenoxy) is 1. The van der Waals surface area contributed by atoms with Crippen LogP contribution in [-0.4, -0.2) is 55.5 Å². The molecule has 0 aromatic heterocycles. The molecule has 122 valence electrons. The average molecular weight is 305 g/mol. The SMILES string of the molecule is COc1ccccc1C(C)N(C)C(=O)CN1CCC(N)CC1. The Morgan fingerprint density at radius 1 is 1.41 bits per heavy atom.